The first-order valence-corrected chi connectivity index (χ1v) is 7.26. The minimum absolute atomic E-state index is 0.438. The molecule has 2 aromatic carbocycles. The van der Waals surface area contributed by atoms with Crippen LogP contribution in [0.25, 0.3) is 0 Å². The molecule has 0 aliphatic carbocycles. The van der Waals surface area contributed by atoms with Gasteiger partial charge in [-0.15, -0.1) is 0 Å². The molecule has 0 fully saturated rings. The van der Waals surface area contributed by atoms with Crippen molar-refractivity contribution in [3.8, 4) is 0 Å². The maximum Gasteiger partial charge on any atom is 0.247 e. The van der Waals surface area contributed by atoms with E-state index in [2.05, 4.69) is 12.2 Å². The molecular formula is C17H19ClN2O. The predicted octanol–water partition coefficient (Wildman–Crippen LogP) is 3.72. The van der Waals surface area contributed by atoms with Crippen LogP contribution in [0, 0.1) is 0 Å². The number of aryl methyl sites for hydroxylation is 1. The summed E-state index contributed by atoms with van der Waals surface area (Å²) in [6, 6.07) is 15.1. The number of halogens is 1. The normalized spacial score (nSPS) is 13.5. The van der Waals surface area contributed by atoms with E-state index in [4.69, 9.17) is 17.3 Å². The fraction of sp³-hybridized carbons (Fsp3) is 0.235. The number of carbonyl (C=O) groups is 1. The Morgan fingerprint density at radius 2 is 1.90 bits per heavy atom. The number of carbonyl (C=O) groups excluding carboxylic acids is 1. The van der Waals surface area contributed by atoms with Crippen LogP contribution in [0.4, 0.5) is 5.69 Å². The smallest absolute Gasteiger partial charge is 0.247 e. The van der Waals surface area contributed by atoms with Crippen molar-refractivity contribution in [3.63, 3.8) is 0 Å². The fourth-order valence-electron chi connectivity index (χ4n) is 2.20. The summed E-state index contributed by atoms with van der Waals surface area (Å²) < 4.78 is 0. The lowest BCUT2D eigenvalue weighted by Crippen LogP contribution is -2.45. The number of hydrogen-bond donors (Lipinski definition) is 2. The summed E-state index contributed by atoms with van der Waals surface area (Å²) in [5.74, 6) is -0.438. The molecule has 0 aliphatic heterocycles. The highest BCUT2D eigenvalue weighted by Crippen LogP contribution is 2.27. The van der Waals surface area contributed by atoms with Crippen LogP contribution in [-0.2, 0) is 16.8 Å². The minimum atomic E-state index is -0.989. The molecule has 3 nitrogen and oxygen atoms in total. The zero-order valence-corrected chi connectivity index (χ0v) is 12.9. The summed E-state index contributed by atoms with van der Waals surface area (Å²) in [7, 11) is 0. The van der Waals surface area contributed by atoms with Crippen molar-refractivity contribution in [2.75, 3.05) is 5.32 Å². The van der Waals surface area contributed by atoms with E-state index in [9.17, 15) is 4.79 Å². The number of benzene rings is 2. The predicted molar refractivity (Wildman–Crippen MR) is 87.4 cm³/mol. The fourth-order valence-corrected chi connectivity index (χ4v) is 2.40. The molecule has 1 atom stereocenters. The second kappa shape index (κ2) is 6.19. The van der Waals surface area contributed by atoms with Crippen molar-refractivity contribution >= 4 is 23.2 Å². The van der Waals surface area contributed by atoms with Crippen LogP contribution in [0.5, 0.6) is 0 Å². The lowest BCUT2D eigenvalue weighted by molar-refractivity contribution is -0.122. The summed E-state index contributed by atoms with van der Waals surface area (Å²) >= 11 is 5.98. The van der Waals surface area contributed by atoms with Gasteiger partial charge < -0.3 is 11.1 Å². The molecule has 1 unspecified atom stereocenters. The van der Waals surface area contributed by atoms with Gasteiger partial charge >= 0.3 is 0 Å². The van der Waals surface area contributed by atoms with Crippen LogP contribution in [0.3, 0.4) is 0 Å². The van der Waals surface area contributed by atoms with E-state index < -0.39 is 11.4 Å². The summed E-state index contributed by atoms with van der Waals surface area (Å²) in [6.07, 6.45) is 0.954. The third-order valence-corrected chi connectivity index (χ3v) is 3.89. The molecule has 0 aliphatic rings. The molecule has 0 saturated heterocycles. The summed E-state index contributed by atoms with van der Waals surface area (Å²) in [6.45, 7) is 3.86. The van der Waals surface area contributed by atoms with Crippen LogP contribution < -0.4 is 11.1 Å². The third kappa shape index (κ3) is 3.37. The topological polar surface area (TPSA) is 55.1 Å². The van der Waals surface area contributed by atoms with Crippen molar-refractivity contribution < 1.29 is 4.79 Å². The Hall–Kier alpha value is -2.00. The maximum absolute atomic E-state index is 12.0. The summed E-state index contributed by atoms with van der Waals surface area (Å²) in [4.78, 5) is 12.0. The van der Waals surface area contributed by atoms with Crippen molar-refractivity contribution in [2.24, 2.45) is 5.73 Å². The van der Waals surface area contributed by atoms with Gasteiger partial charge in [0.1, 0.15) is 5.54 Å². The van der Waals surface area contributed by atoms with Crippen LogP contribution in [-0.4, -0.2) is 5.91 Å². The molecule has 2 rings (SSSR count). The van der Waals surface area contributed by atoms with E-state index in [0.29, 0.717) is 5.02 Å². The lowest BCUT2D eigenvalue weighted by atomic mass is 9.90. The van der Waals surface area contributed by atoms with Gasteiger partial charge in [0.25, 0.3) is 0 Å². The monoisotopic (exact) mass is 302 g/mol. The van der Waals surface area contributed by atoms with Crippen LogP contribution in [0.2, 0.25) is 5.02 Å². The number of anilines is 1. The molecule has 110 valence electrons. The number of amides is 1. The molecule has 0 bridgehead atoms. The van der Waals surface area contributed by atoms with E-state index in [1.807, 2.05) is 36.4 Å². The molecule has 0 spiro atoms. The molecule has 3 N–H and O–H groups in total. The summed E-state index contributed by atoms with van der Waals surface area (Å²) in [5.41, 5.74) is 7.43. The van der Waals surface area contributed by atoms with Crippen LogP contribution in [0.15, 0.2) is 48.5 Å². The van der Waals surface area contributed by atoms with Crippen LogP contribution >= 0.6 is 11.6 Å². The SMILES string of the molecule is CCc1ccc(C(C)(Nc2cccc(Cl)c2)C(N)=O)cc1. The number of primary amides is 1. The van der Waals surface area contributed by atoms with Gasteiger partial charge in [0.15, 0.2) is 0 Å². The van der Waals surface area contributed by atoms with Crippen molar-refractivity contribution in [1.29, 1.82) is 0 Å². The number of rotatable bonds is 5. The highest BCUT2D eigenvalue weighted by Gasteiger charge is 2.33. The molecule has 0 aromatic heterocycles. The lowest BCUT2D eigenvalue weighted by Gasteiger charge is -2.29. The van der Waals surface area contributed by atoms with E-state index >= 15 is 0 Å². The molecule has 21 heavy (non-hydrogen) atoms. The molecular weight excluding hydrogens is 284 g/mol. The van der Waals surface area contributed by atoms with Gasteiger partial charge in [-0.05, 0) is 42.7 Å². The van der Waals surface area contributed by atoms with Gasteiger partial charge in [-0.2, -0.15) is 0 Å². The Morgan fingerprint density at radius 3 is 2.43 bits per heavy atom. The van der Waals surface area contributed by atoms with Crippen LogP contribution in [0.1, 0.15) is 25.0 Å². The first-order valence-electron chi connectivity index (χ1n) is 6.89. The van der Waals surface area contributed by atoms with Crippen molar-refractivity contribution in [3.05, 3.63) is 64.7 Å². The van der Waals surface area contributed by atoms with Gasteiger partial charge in [-0.25, -0.2) is 0 Å². The molecule has 1 amide bonds. The Labute approximate surface area is 130 Å². The highest BCUT2D eigenvalue weighted by atomic mass is 35.5. The largest absolute Gasteiger partial charge is 0.368 e. The second-order valence-electron chi connectivity index (χ2n) is 5.18. The standard InChI is InChI=1S/C17H19ClN2O/c1-3-12-7-9-13(10-8-12)17(2,16(19)21)20-15-6-4-5-14(18)11-15/h4-11,20H,3H2,1-2H3,(H2,19,21). The second-order valence-corrected chi connectivity index (χ2v) is 5.61. The molecule has 2 aromatic rings. The highest BCUT2D eigenvalue weighted by molar-refractivity contribution is 6.30. The molecule has 0 saturated carbocycles. The van der Waals surface area contributed by atoms with Crippen molar-refractivity contribution in [2.45, 2.75) is 25.8 Å². The Morgan fingerprint density at radius 1 is 1.24 bits per heavy atom. The van der Waals surface area contributed by atoms with Gasteiger partial charge in [0, 0.05) is 10.7 Å². The molecule has 0 radical (unpaired) electrons. The summed E-state index contributed by atoms with van der Waals surface area (Å²) in [5, 5.41) is 3.80. The van der Waals surface area contributed by atoms with Crippen molar-refractivity contribution in [1.82, 2.24) is 0 Å². The first-order chi connectivity index (χ1) is 9.95. The quantitative estimate of drug-likeness (QED) is 0.884. The average Bonchev–Trinajstić information content (AvgIpc) is 2.47. The number of nitrogens with one attached hydrogen (secondary N) is 1. The van der Waals surface area contributed by atoms with Gasteiger partial charge in [-0.1, -0.05) is 48.9 Å². The van der Waals surface area contributed by atoms with Gasteiger partial charge in [0.05, 0.1) is 0 Å². The average molecular weight is 303 g/mol. The zero-order chi connectivity index (χ0) is 15.5. The van der Waals surface area contributed by atoms with Gasteiger partial charge in [0.2, 0.25) is 5.91 Å². The van der Waals surface area contributed by atoms with E-state index in [0.717, 1.165) is 17.7 Å². The first kappa shape index (κ1) is 15.4. The zero-order valence-electron chi connectivity index (χ0n) is 12.2. The number of nitrogens with two attached hydrogens (primary N) is 1. The third-order valence-electron chi connectivity index (χ3n) is 3.65. The number of hydrogen-bond acceptors (Lipinski definition) is 2. The van der Waals surface area contributed by atoms with E-state index in [1.54, 1.807) is 19.1 Å². The maximum atomic E-state index is 12.0. The Kier molecular flexibility index (Phi) is 4.53. The Bertz CT molecular complexity index is 639. The molecule has 0 heterocycles. The minimum Gasteiger partial charge on any atom is -0.368 e. The molecule has 4 heteroatoms. The van der Waals surface area contributed by atoms with E-state index in [-0.39, 0.29) is 0 Å². The van der Waals surface area contributed by atoms with Gasteiger partial charge in [-0.3, -0.25) is 4.79 Å². The van der Waals surface area contributed by atoms with E-state index in [1.165, 1.54) is 5.56 Å². The Balaban J connectivity index is 2.37.